The zero-order chi connectivity index (χ0) is 13.1. The maximum absolute atomic E-state index is 6.30. The van der Waals surface area contributed by atoms with Gasteiger partial charge < -0.3 is 15.0 Å². The Labute approximate surface area is 104 Å². The standard InChI is InChI=1S/C13H25N3O/c1-6-8-16-9-7-15-12(16)10(14)11(17-5)13(2,3)4/h7,9-11H,6,8,14H2,1-5H3. The molecule has 0 saturated carbocycles. The lowest BCUT2D eigenvalue weighted by molar-refractivity contribution is -0.00506. The Morgan fingerprint density at radius 3 is 2.59 bits per heavy atom. The van der Waals surface area contributed by atoms with Crippen molar-refractivity contribution in [2.45, 2.75) is 52.8 Å². The zero-order valence-corrected chi connectivity index (χ0v) is 11.6. The van der Waals surface area contributed by atoms with Gasteiger partial charge in [0.05, 0.1) is 12.1 Å². The second-order valence-corrected chi connectivity index (χ2v) is 5.53. The molecule has 1 aromatic heterocycles. The third-order valence-electron chi connectivity index (χ3n) is 2.94. The minimum Gasteiger partial charge on any atom is -0.379 e. The molecule has 0 amide bonds. The van der Waals surface area contributed by atoms with Crippen LogP contribution in [-0.2, 0) is 11.3 Å². The van der Waals surface area contributed by atoms with E-state index in [0.29, 0.717) is 0 Å². The number of rotatable bonds is 5. The molecule has 2 atom stereocenters. The van der Waals surface area contributed by atoms with Crippen LogP contribution in [0.1, 0.15) is 46.0 Å². The zero-order valence-electron chi connectivity index (χ0n) is 11.6. The summed E-state index contributed by atoms with van der Waals surface area (Å²) in [5, 5.41) is 0. The lowest BCUT2D eigenvalue weighted by Gasteiger charge is -2.33. The summed E-state index contributed by atoms with van der Waals surface area (Å²) < 4.78 is 7.67. The van der Waals surface area contributed by atoms with E-state index in [1.807, 2.05) is 6.20 Å². The number of nitrogens with two attached hydrogens (primary N) is 1. The molecule has 0 radical (unpaired) electrons. The molecular weight excluding hydrogens is 214 g/mol. The fourth-order valence-electron chi connectivity index (χ4n) is 2.22. The average molecular weight is 239 g/mol. The van der Waals surface area contributed by atoms with E-state index >= 15 is 0 Å². The van der Waals surface area contributed by atoms with Gasteiger partial charge in [-0.1, -0.05) is 27.7 Å². The molecule has 0 aliphatic carbocycles. The molecule has 4 nitrogen and oxygen atoms in total. The van der Waals surface area contributed by atoms with E-state index < -0.39 is 0 Å². The molecule has 98 valence electrons. The van der Waals surface area contributed by atoms with Gasteiger partial charge in [0.1, 0.15) is 5.82 Å². The topological polar surface area (TPSA) is 53.1 Å². The van der Waals surface area contributed by atoms with Gasteiger partial charge in [0.25, 0.3) is 0 Å². The van der Waals surface area contributed by atoms with E-state index in [2.05, 4.69) is 37.2 Å². The normalized spacial score (nSPS) is 15.9. The van der Waals surface area contributed by atoms with Crippen LogP contribution in [0.4, 0.5) is 0 Å². The number of aryl methyl sites for hydroxylation is 1. The molecule has 0 spiro atoms. The first-order valence-electron chi connectivity index (χ1n) is 6.21. The molecule has 2 N–H and O–H groups in total. The highest BCUT2D eigenvalue weighted by atomic mass is 16.5. The van der Waals surface area contributed by atoms with Crippen LogP contribution in [0.15, 0.2) is 12.4 Å². The van der Waals surface area contributed by atoms with Crippen molar-refractivity contribution in [3.8, 4) is 0 Å². The summed E-state index contributed by atoms with van der Waals surface area (Å²) >= 11 is 0. The Bertz CT molecular complexity index is 341. The molecule has 1 aromatic rings. The van der Waals surface area contributed by atoms with Crippen LogP contribution in [0.2, 0.25) is 0 Å². The number of ether oxygens (including phenoxy) is 1. The highest BCUT2D eigenvalue weighted by molar-refractivity contribution is 5.03. The Morgan fingerprint density at radius 2 is 2.12 bits per heavy atom. The smallest absolute Gasteiger partial charge is 0.128 e. The van der Waals surface area contributed by atoms with Gasteiger partial charge in [-0.05, 0) is 11.8 Å². The molecule has 0 aliphatic heterocycles. The Balaban J connectivity index is 2.93. The maximum atomic E-state index is 6.30. The second-order valence-electron chi connectivity index (χ2n) is 5.53. The van der Waals surface area contributed by atoms with Crippen molar-refractivity contribution in [3.05, 3.63) is 18.2 Å². The summed E-state index contributed by atoms with van der Waals surface area (Å²) in [5.74, 6) is 0.911. The first-order chi connectivity index (χ1) is 7.91. The second kappa shape index (κ2) is 5.65. The number of aromatic nitrogens is 2. The summed E-state index contributed by atoms with van der Waals surface area (Å²) in [4.78, 5) is 4.38. The van der Waals surface area contributed by atoms with Crippen LogP contribution in [-0.4, -0.2) is 22.8 Å². The van der Waals surface area contributed by atoms with Crippen molar-refractivity contribution < 1.29 is 4.74 Å². The van der Waals surface area contributed by atoms with Crippen molar-refractivity contribution in [2.24, 2.45) is 11.1 Å². The predicted octanol–water partition coefficient (Wildman–Crippen LogP) is 2.35. The molecule has 0 aliphatic rings. The van der Waals surface area contributed by atoms with Crippen LogP contribution < -0.4 is 5.73 Å². The molecule has 0 fully saturated rings. The summed E-state index contributed by atoms with van der Waals surface area (Å²) in [6, 6.07) is -0.193. The van der Waals surface area contributed by atoms with Gasteiger partial charge in [-0.25, -0.2) is 4.98 Å². The third kappa shape index (κ3) is 3.30. The minimum absolute atomic E-state index is 0.00282. The molecule has 2 unspecified atom stereocenters. The molecule has 1 heterocycles. The number of methoxy groups -OCH3 is 1. The van der Waals surface area contributed by atoms with Crippen LogP contribution in [0.3, 0.4) is 0 Å². The Kier molecular flexibility index (Phi) is 4.71. The number of imidazole rings is 1. The van der Waals surface area contributed by atoms with E-state index in [4.69, 9.17) is 10.5 Å². The minimum atomic E-state index is -0.193. The van der Waals surface area contributed by atoms with Crippen molar-refractivity contribution in [1.82, 2.24) is 9.55 Å². The predicted molar refractivity (Wildman–Crippen MR) is 69.7 cm³/mol. The first kappa shape index (κ1) is 14.2. The fourth-order valence-corrected chi connectivity index (χ4v) is 2.22. The summed E-state index contributed by atoms with van der Waals surface area (Å²) in [6.07, 6.45) is 4.82. The van der Waals surface area contributed by atoms with Gasteiger partial charge >= 0.3 is 0 Å². The fraction of sp³-hybridized carbons (Fsp3) is 0.769. The Hall–Kier alpha value is -0.870. The van der Waals surface area contributed by atoms with Gasteiger partial charge in [-0.2, -0.15) is 0 Å². The molecule has 0 saturated heterocycles. The summed E-state index contributed by atoms with van der Waals surface area (Å²) in [6.45, 7) is 9.49. The van der Waals surface area contributed by atoms with Gasteiger partial charge in [-0.15, -0.1) is 0 Å². The van der Waals surface area contributed by atoms with Crippen LogP contribution in [0.5, 0.6) is 0 Å². The van der Waals surface area contributed by atoms with Crippen LogP contribution in [0, 0.1) is 5.41 Å². The average Bonchev–Trinajstić information content (AvgIpc) is 2.65. The van der Waals surface area contributed by atoms with Gasteiger partial charge in [0.15, 0.2) is 0 Å². The first-order valence-corrected chi connectivity index (χ1v) is 6.21. The summed E-state index contributed by atoms with van der Waals surface area (Å²) in [7, 11) is 1.71. The quantitative estimate of drug-likeness (QED) is 0.858. The van der Waals surface area contributed by atoms with Gasteiger partial charge in [0, 0.05) is 26.0 Å². The van der Waals surface area contributed by atoms with E-state index in [-0.39, 0.29) is 17.6 Å². The van der Waals surface area contributed by atoms with Crippen molar-refractivity contribution >= 4 is 0 Å². The molecule has 0 bridgehead atoms. The van der Waals surface area contributed by atoms with Crippen molar-refractivity contribution in [2.75, 3.05) is 7.11 Å². The monoisotopic (exact) mass is 239 g/mol. The van der Waals surface area contributed by atoms with Gasteiger partial charge in [-0.3, -0.25) is 0 Å². The maximum Gasteiger partial charge on any atom is 0.128 e. The number of nitrogens with zero attached hydrogens (tertiary/aromatic N) is 2. The Morgan fingerprint density at radius 1 is 1.47 bits per heavy atom. The number of hydrogen-bond donors (Lipinski definition) is 1. The third-order valence-corrected chi connectivity index (χ3v) is 2.94. The van der Waals surface area contributed by atoms with Crippen LogP contribution >= 0.6 is 0 Å². The summed E-state index contributed by atoms with van der Waals surface area (Å²) in [5.41, 5.74) is 6.30. The molecule has 1 rings (SSSR count). The molecular formula is C13H25N3O. The van der Waals surface area contributed by atoms with Crippen molar-refractivity contribution in [1.29, 1.82) is 0 Å². The van der Waals surface area contributed by atoms with E-state index in [0.717, 1.165) is 18.8 Å². The van der Waals surface area contributed by atoms with Gasteiger partial charge in [0.2, 0.25) is 0 Å². The molecule has 0 aromatic carbocycles. The van der Waals surface area contributed by atoms with E-state index in [1.54, 1.807) is 13.3 Å². The lowest BCUT2D eigenvalue weighted by Crippen LogP contribution is -2.40. The lowest BCUT2D eigenvalue weighted by atomic mass is 9.84. The number of hydrogen-bond acceptors (Lipinski definition) is 3. The highest BCUT2D eigenvalue weighted by Gasteiger charge is 2.33. The van der Waals surface area contributed by atoms with E-state index in [1.165, 1.54) is 0 Å². The van der Waals surface area contributed by atoms with Crippen molar-refractivity contribution in [3.63, 3.8) is 0 Å². The van der Waals surface area contributed by atoms with E-state index in [9.17, 15) is 0 Å². The molecule has 17 heavy (non-hydrogen) atoms. The molecule has 4 heteroatoms. The highest BCUT2D eigenvalue weighted by Crippen LogP contribution is 2.30. The SMILES string of the molecule is CCCn1ccnc1C(N)C(OC)C(C)(C)C. The largest absolute Gasteiger partial charge is 0.379 e. The van der Waals surface area contributed by atoms with Crippen LogP contribution in [0.25, 0.3) is 0 Å².